The van der Waals surface area contributed by atoms with Crippen LogP contribution in [0.15, 0.2) is 0 Å². The van der Waals surface area contributed by atoms with Crippen LogP contribution < -0.4 is 5.32 Å². The maximum atomic E-state index is 11.6. The van der Waals surface area contributed by atoms with Crippen molar-refractivity contribution in [3.05, 3.63) is 0 Å². The van der Waals surface area contributed by atoms with Gasteiger partial charge >= 0.3 is 5.97 Å². The highest BCUT2D eigenvalue weighted by atomic mass is 16.7. The Morgan fingerprint density at radius 1 is 1.03 bits per heavy atom. The smallest absolute Gasteiger partial charge is 0.335 e. The van der Waals surface area contributed by atoms with Gasteiger partial charge in [-0.25, -0.2) is 4.79 Å². The Balaban J connectivity index is 2.30. The molecule has 0 aromatic heterocycles. The fraction of sp³-hybridized carbons (Fsp3) is 0.889. The van der Waals surface area contributed by atoms with Gasteiger partial charge in [0, 0.05) is 13.5 Å². The van der Waals surface area contributed by atoms with Gasteiger partial charge in [0.15, 0.2) is 18.7 Å². The highest BCUT2D eigenvalue weighted by Gasteiger charge is 2.52. The van der Waals surface area contributed by atoms with Gasteiger partial charge in [0.1, 0.15) is 42.7 Å². The normalized spacial score (nSPS) is 41.0. The molecule has 4 unspecified atom stereocenters. The fourth-order valence-electron chi connectivity index (χ4n) is 3.50. The summed E-state index contributed by atoms with van der Waals surface area (Å²) in [6, 6.07) is -1.12. The molecule has 13 heteroatoms. The summed E-state index contributed by atoms with van der Waals surface area (Å²) in [5.41, 5.74) is 0. The van der Waals surface area contributed by atoms with Crippen LogP contribution in [0.1, 0.15) is 26.7 Å². The first-order chi connectivity index (χ1) is 14.6. The van der Waals surface area contributed by atoms with Crippen LogP contribution in [-0.4, -0.2) is 117 Å². The Kier molecular flexibility index (Phi) is 9.54. The molecule has 0 saturated carbocycles. The molecule has 31 heavy (non-hydrogen) atoms. The molecule has 0 aromatic rings. The van der Waals surface area contributed by atoms with Crippen molar-refractivity contribution in [3.8, 4) is 0 Å². The molecule has 10 atom stereocenters. The minimum atomic E-state index is -1.91. The summed E-state index contributed by atoms with van der Waals surface area (Å²) in [6.07, 6.45) is -13.0. The van der Waals surface area contributed by atoms with Gasteiger partial charge in [-0.15, -0.1) is 0 Å². The number of carboxylic acid groups (broad SMARTS) is 1. The Labute approximate surface area is 178 Å². The minimum absolute atomic E-state index is 0.204. The number of hydrogen-bond acceptors (Lipinski definition) is 11. The largest absolute Gasteiger partial charge is 0.479 e. The monoisotopic (exact) mass is 453 g/mol. The molecule has 2 heterocycles. The number of nitrogens with one attached hydrogen (secondary N) is 1. The van der Waals surface area contributed by atoms with E-state index in [0.717, 1.165) is 6.42 Å². The lowest BCUT2D eigenvalue weighted by molar-refractivity contribution is -0.343. The number of aliphatic hydroxyl groups excluding tert-OH is 5. The Morgan fingerprint density at radius 3 is 2.26 bits per heavy atom. The Bertz CT molecular complexity index is 606. The zero-order chi connectivity index (χ0) is 23.3. The average molecular weight is 453 g/mol. The van der Waals surface area contributed by atoms with Crippen LogP contribution in [0.5, 0.6) is 0 Å². The first-order valence-corrected chi connectivity index (χ1v) is 10.0. The number of carboxylic acids is 1. The van der Waals surface area contributed by atoms with E-state index >= 15 is 0 Å². The fourth-order valence-corrected chi connectivity index (χ4v) is 3.50. The molecule has 2 fully saturated rings. The van der Waals surface area contributed by atoms with Gasteiger partial charge in [-0.2, -0.15) is 0 Å². The average Bonchev–Trinajstić information content (AvgIpc) is 2.71. The van der Waals surface area contributed by atoms with Gasteiger partial charge in [-0.3, -0.25) is 4.79 Å². The van der Waals surface area contributed by atoms with Crippen molar-refractivity contribution in [2.24, 2.45) is 0 Å². The number of rotatable bonds is 9. The number of hydrogen-bond donors (Lipinski definition) is 7. The maximum absolute atomic E-state index is 11.6. The second kappa shape index (κ2) is 11.4. The van der Waals surface area contributed by atoms with Crippen LogP contribution in [0.25, 0.3) is 0 Å². The number of aliphatic hydroxyl groups is 5. The summed E-state index contributed by atoms with van der Waals surface area (Å²) in [6.45, 7) is 2.68. The van der Waals surface area contributed by atoms with Crippen molar-refractivity contribution in [3.63, 3.8) is 0 Å². The lowest BCUT2D eigenvalue weighted by Crippen LogP contribution is -2.68. The van der Waals surface area contributed by atoms with E-state index in [-0.39, 0.29) is 6.61 Å². The number of ether oxygens (including phenoxy) is 4. The molecule has 7 N–H and O–H groups in total. The van der Waals surface area contributed by atoms with Crippen LogP contribution in [0.2, 0.25) is 0 Å². The summed E-state index contributed by atoms with van der Waals surface area (Å²) in [5.74, 6) is -2.09. The first-order valence-electron chi connectivity index (χ1n) is 10.0. The molecule has 0 aromatic carbocycles. The quantitative estimate of drug-likeness (QED) is 0.171. The molecular formula is C18H31NO12. The van der Waals surface area contributed by atoms with Crippen molar-refractivity contribution < 1.29 is 59.2 Å². The highest BCUT2D eigenvalue weighted by molar-refractivity contribution is 5.73. The molecular weight excluding hydrogens is 422 g/mol. The number of carbonyl (C=O) groups is 2. The van der Waals surface area contributed by atoms with E-state index < -0.39 is 79.8 Å². The molecule has 0 spiro atoms. The van der Waals surface area contributed by atoms with Crippen LogP contribution in [0.3, 0.4) is 0 Å². The molecule has 2 saturated heterocycles. The first kappa shape index (κ1) is 25.8. The molecule has 13 nitrogen and oxygen atoms in total. The van der Waals surface area contributed by atoms with E-state index in [1.807, 2.05) is 6.92 Å². The van der Waals surface area contributed by atoms with Gasteiger partial charge in [0.05, 0.1) is 6.61 Å². The summed E-state index contributed by atoms with van der Waals surface area (Å²) >= 11 is 0. The van der Waals surface area contributed by atoms with E-state index in [1.165, 1.54) is 6.92 Å². The summed E-state index contributed by atoms with van der Waals surface area (Å²) in [5, 5.41) is 61.8. The molecule has 0 aliphatic carbocycles. The third-order valence-electron chi connectivity index (χ3n) is 5.13. The maximum Gasteiger partial charge on any atom is 0.335 e. The number of unbranched alkanes of at least 4 members (excludes halogenated alkanes) is 1. The van der Waals surface area contributed by atoms with Gasteiger partial charge in [0.25, 0.3) is 0 Å². The van der Waals surface area contributed by atoms with Crippen LogP contribution in [0, 0.1) is 0 Å². The number of amides is 1. The predicted octanol–water partition coefficient (Wildman–Crippen LogP) is -3.34. The molecule has 1 amide bonds. The van der Waals surface area contributed by atoms with Gasteiger partial charge in [0.2, 0.25) is 5.91 Å². The summed E-state index contributed by atoms with van der Waals surface area (Å²) in [4.78, 5) is 22.9. The zero-order valence-electron chi connectivity index (χ0n) is 17.2. The van der Waals surface area contributed by atoms with Gasteiger partial charge in [-0.1, -0.05) is 13.3 Å². The molecule has 0 radical (unpaired) electrons. The SMILES string of the molecule is CCCCO[C@@H]1C(NC(C)=O)[C@H](O)OC(CO)[C@H]1O[C@@H]1OC(C(=O)O)[C@H](O)[C@H](O)C1O. The highest BCUT2D eigenvalue weighted by Crippen LogP contribution is 2.30. The standard InChI is InChI=1S/C18H31NO12/c1-3-4-5-28-14-9(19-7(2)21)17(27)29-8(6-20)13(14)30-18-12(24)10(22)11(23)15(31-18)16(25)26/h8-15,17-18,20,22-24,27H,3-6H2,1-2H3,(H,19,21)(H,25,26)/t8?,9?,10-,11+,12?,13+,14+,15?,17+,18+/m0/s1. The van der Waals surface area contributed by atoms with E-state index in [4.69, 9.17) is 18.9 Å². The van der Waals surface area contributed by atoms with Crippen molar-refractivity contribution in [2.75, 3.05) is 13.2 Å². The summed E-state index contributed by atoms with van der Waals surface area (Å²) < 4.78 is 21.9. The van der Waals surface area contributed by atoms with E-state index in [1.54, 1.807) is 0 Å². The Hall–Kier alpha value is -1.42. The van der Waals surface area contributed by atoms with Crippen LogP contribution in [0.4, 0.5) is 0 Å². The third-order valence-corrected chi connectivity index (χ3v) is 5.13. The molecule has 2 aliphatic heterocycles. The lowest BCUT2D eigenvalue weighted by atomic mass is 9.95. The van der Waals surface area contributed by atoms with E-state index in [0.29, 0.717) is 6.42 Å². The lowest BCUT2D eigenvalue weighted by Gasteiger charge is -2.47. The van der Waals surface area contributed by atoms with Crippen molar-refractivity contribution in [1.82, 2.24) is 5.32 Å². The second-order valence-electron chi connectivity index (χ2n) is 7.50. The van der Waals surface area contributed by atoms with Crippen molar-refractivity contribution in [2.45, 2.75) is 88.0 Å². The van der Waals surface area contributed by atoms with Gasteiger partial charge in [-0.05, 0) is 6.42 Å². The second-order valence-corrected chi connectivity index (χ2v) is 7.50. The summed E-state index contributed by atoms with van der Waals surface area (Å²) in [7, 11) is 0. The molecule has 2 aliphatic rings. The van der Waals surface area contributed by atoms with Crippen LogP contribution in [-0.2, 0) is 28.5 Å². The van der Waals surface area contributed by atoms with E-state index in [9.17, 15) is 40.2 Å². The molecule has 0 bridgehead atoms. The molecule has 2 rings (SSSR count). The predicted molar refractivity (Wildman–Crippen MR) is 99.4 cm³/mol. The Morgan fingerprint density at radius 2 is 1.71 bits per heavy atom. The van der Waals surface area contributed by atoms with Crippen molar-refractivity contribution in [1.29, 1.82) is 0 Å². The van der Waals surface area contributed by atoms with Gasteiger partial charge < -0.3 is 54.9 Å². The third kappa shape index (κ3) is 6.09. The number of carbonyl (C=O) groups excluding carboxylic acids is 1. The topological polar surface area (TPSA) is 204 Å². The zero-order valence-corrected chi connectivity index (χ0v) is 17.2. The number of aliphatic carboxylic acids is 1. The van der Waals surface area contributed by atoms with Crippen LogP contribution >= 0.6 is 0 Å². The van der Waals surface area contributed by atoms with E-state index in [2.05, 4.69) is 5.32 Å². The van der Waals surface area contributed by atoms with Crippen molar-refractivity contribution >= 4 is 11.9 Å². The minimum Gasteiger partial charge on any atom is -0.479 e. The molecule has 180 valence electrons.